The fourth-order valence-electron chi connectivity index (χ4n) is 1.39. The van der Waals surface area contributed by atoms with Crippen LogP contribution in [0.2, 0.25) is 10.3 Å². The topological polar surface area (TPSA) is 39.2 Å². The van der Waals surface area contributed by atoms with Gasteiger partial charge in [-0.15, -0.1) is 0 Å². The van der Waals surface area contributed by atoms with Crippen molar-refractivity contribution in [2.75, 3.05) is 7.11 Å². The summed E-state index contributed by atoms with van der Waals surface area (Å²) in [5, 5.41) is 0.456. The van der Waals surface area contributed by atoms with Gasteiger partial charge in [0.15, 0.2) is 0 Å². The number of hydrogen-bond acceptors (Lipinski definition) is 3. The number of allylic oxidation sites excluding steroid dienone is 1. The van der Waals surface area contributed by atoms with Crippen LogP contribution in [0.5, 0.6) is 0 Å². The summed E-state index contributed by atoms with van der Waals surface area (Å²) in [6.45, 7) is 0. The van der Waals surface area contributed by atoms with Gasteiger partial charge in [0.05, 0.1) is 13.5 Å². The first kappa shape index (κ1) is 15.6. The van der Waals surface area contributed by atoms with Gasteiger partial charge in [-0.2, -0.15) is 0 Å². The second-order valence-corrected chi connectivity index (χ2v) is 5.17. The molecular weight excluding hydrogens is 320 g/mol. The Bertz CT molecular complexity index is 452. The van der Waals surface area contributed by atoms with Crippen LogP contribution in [0.15, 0.2) is 22.7 Å². The molecule has 0 aromatic carbocycles. The highest BCUT2D eigenvalue weighted by Gasteiger charge is 2.16. The smallest absolute Gasteiger partial charge is 0.306 e. The van der Waals surface area contributed by atoms with E-state index in [0.717, 1.165) is 0 Å². The zero-order valence-electron chi connectivity index (χ0n) is 9.29. The molecule has 1 rings (SSSR count). The zero-order chi connectivity index (χ0) is 13.7. The number of halogens is 4. The molecule has 0 saturated carbocycles. The number of esters is 1. The molecule has 3 nitrogen and oxygen atoms in total. The molecule has 0 spiro atoms. The number of nitrogens with zero attached hydrogens (tertiary/aromatic N) is 1. The normalized spacial score (nSPS) is 11.8. The van der Waals surface area contributed by atoms with Crippen LogP contribution in [-0.4, -0.2) is 18.1 Å². The molecule has 0 bridgehead atoms. The maximum atomic E-state index is 11.3. The molecule has 0 aliphatic heterocycles. The summed E-state index contributed by atoms with van der Waals surface area (Å²) in [4.78, 5) is 15.2. The Morgan fingerprint density at radius 2 is 1.94 bits per heavy atom. The molecule has 1 atom stereocenters. The minimum atomic E-state index is -0.394. The summed E-state index contributed by atoms with van der Waals surface area (Å²) >= 11 is 22.8. The predicted octanol–water partition coefficient (Wildman–Crippen LogP) is 4.35. The number of methoxy groups -OCH3 is 1. The van der Waals surface area contributed by atoms with E-state index in [0.29, 0.717) is 5.56 Å². The third-order valence-electron chi connectivity index (χ3n) is 2.15. The molecule has 98 valence electrons. The molecule has 18 heavy (non-hydrogen) atoms. The summed E-state index contributed by atoms with van der Waals surface area (Å²) < 4.78 is 4.66. The summed E-state index contributed by atoms with van der Waals surface area (Å²) in [7, 11) is 1.30. The van der Waals surface area contributed by atoms with E-state index < -0.39 is 5.97 Å². The van der Waals surface area contributed by atoms with Gasteiger partial charge in [-0.3, -0.25) is 4.79 Å². The number of pyridine rings is 1. The van der Waals surface area contributed by atoms with Crippen molar-refractivity contribution in [3.63, 3.8) is 0 Å². The Morgan fingerprint density at radius 1 is 1.39 bits per heavy atom. The number of carbonyl (C=O) groups excluding carboxylic acids is 1. The summed E-state index contributed by atoms with van der Waals surface area (Å²) in [5.74, 6) is -0.768. The van der Waals surface area contributed by atoms with Gasteiger partial charge < -0.3 is 4.74 Å². The molecule has 0 saturated heterocycles. The first-order valence-electron chi connectivity index (χ1n) is 4.85. The van der Waals surface area contributed by atoms with Crippen molar-refractivity contribution in [1.82, 2.24) is 4.98 Å². The Kier molecular flexibility index (Phi) is 6.22. The van der Waals surface area contributed by atoms with Crippen LogP contribution in [0.25, 0.3) is 0 Å². The molecule has 1 unspecified atom stereocenters. The van der Waals surface area contributed by atoms with Crippen molar-refractivity contribution in [2.45, 2.75) is 12.3 Å². The van der Waals surface area contributed by atoms with Crippen molar-refractivity contribution in [2.24, 2.45) is 0 Å². The Morgan fingerprint density at radius 3 is 2.39 bits per heavy atom. The highest BCUT2D eigenvalue weighted by molar-refractivity contribution is 6.55. The Hall–Kier alpha value is -0.480. The lowest BCUT2D eigenvalue weighted by molar-refractivity contribution is -0.140. The van der Waals surface area contributed by atoms with Gasteiger partial charge in [0.1, 0.15) is 14.8 Å². The minimum absolute atomic E-state index is 0.0490. The van der Waals surface area contributed by atoms with E-state index in [2.05, 4.69) is 9.72 Å². The van der Waals surface area contributed by atoms with Crippen LogP contribution in [0, 0.1) is 0 Å². The van der Waals surface area contributed by atoms with E-state index >= 15 is 0 Å². The standard InChI is InChI=1S/C11H9Cl4NO2/c1-18-11(17)5-6(2-8(12)13)7-3-9(14)16-10(15)4-7/h2-4,6H,5H2,1H3. The second-order valence-electron chi connectivity index (χ2n) is 3.39. The van der Waals surface area contributed by atoms with E-state index in [1.165, 1.54) is 13.2 Å². The Balaban J connectivity index is 3.08. The van der Waals surface area contributed by atoms with Crippen LogP contribution in [-0.2, 0) is 9.53 Å². The number of carbonyl (C=O) groups is 1. The van der Waals surface area contributed by atoms with E-state index in [9.17, 15) is 4.79 Å². The van der Waals surface area contributed by atoms with Crippen molar-refractivity contribution >= 4 is 52.4 Å². The lowest BCUT2D eigenvalue weighted by Crippen LogP contribution is -2.07. The number of ether oxygens (including phenoxy) is 1. The summed E-state index contributed by atoms with van der Waals surface area (Å²) in [6, 6.07) is 3.18. The first-order valence-corrected chi connectivity index (χ1v) is 6.36. The fraction of sp³-hybridized carbons (Fsp3) is 0.273. The van der Waals surface area contributed by atoms with Gasteiger partial charge in [-0.05, 0) is 23.8 Å². The largest absolute Gasteiger partial charge is 0.469 e. The summed E-state index contributed by atoms with van der Waals surface area (Å²) in [5.41, 5.74) is 0.684. The average molecular weight is 329 g/mol. The van der Waals surface area contributed by atoms with Gasteiger partial charge in [0, 0.05) is 5.92 Å². The maximum absolute atomic E-state index is 11.3. The molecule has 7 heteroatoms. The second kappa shape index (κ2) is 7.19. The van der Waals surface area contributed by atoms with Crippen LogP contribution in [0.1, 0.15) is 17.9 Å². The predicted molar refractivity (Wildman–Crippen MR) is 73.4 cm³/mol. The molecule has 1 aromatic heterocycles. The molecular formula is C11H9Cl4NO2. The molecule has 1 heterocycles. The van der Waals surface area contributed by atoms with Crippen LogP contribution < -0.4 is 0 Å². The quantitative estimate of drug-likeness (QED) is 0.609. The highest BCUT2D eigenvalue weighted by Crippen LogP contribution is 2.28. The van der Waals surface area contributed by atoms with E-state index in [1.807, 2.05) is 0 Å². The summed E-state index contributed by atoms with van der Waals surface area (Å²) in [6.07, 6.45) is 1.60. The SMILES string of the molecule is COC(=O)CC(C=C(Cl)Cl)c1cc(Cl)nc(Cl)c1. The van der Waals surface area contributed by atoms with E-state index in [4.69, 9.17) is 46.4 Å². The first-order chi connectivity index (χ1) is 8.42. The zero-order valence-corrected chi connectivity index (χ0v) is 12.3. The highest BCUT2D eigenvalue weighted by atomic mass is 35.5. The van der Waals surface area contributed by atoms with Crippen LogP contribution >= 0.6 is 46.4 Å². The van der Waals surface area contributed by atoms with Crippen LogP contribution in [0.4, 0.5) is 0 Å². The van der Waals surface area contributed by atoms with Gasteiger partial charge >= 0.3 is 5.97 Å². The molecule has 0 N–H and O–H groups in total. The monoisotopic (exact) mass is 327 g/mol. The fourth-order valence-corrected chi connectivity index (χ4v) is 2.17. The van der Waals surface area contributed by atoms with Gasteiger partial charge in [0.25, 0.3) is 0 Å². The Labute approximate surface area is 125 Å². The number of aromatic nitrogens is 1. The van der Waals surface area contributed by atoms with Crippen LogP contribution in [0.3, 0.4) is 0 Å². The molecule has 0 radical (unpaired) electrons. The van der Waals surface area contributed by atoms with Gasteiger partial charge in [-0.1, -0.05) is 46.4 Å². The molecule has 0 fully saturated rings. The van der Waals surface area contributed by atoms with Crippen molar-refractivity contribution < 1.29 is 9.53 Å². The third-order valence-corrected chi connectivity index (χ3v) is 2.79. The minimum Gasteiger partial charge on any atom is -0.469 e. The van der Waals surface area contributed by atoms with Crippen molar-refractivity contribution in [3.8, 4) is 0 Å². The van der Waals surface area contributed by atoms with E-state index in [1.54, 1.807) is 12.1 Å². The lowest BCUT2D eigenvalue weighted by atomic mass is 9.97. The van der Waals surface area contributed by atoms with E-state index in [-0.39, 0.29) is 27.1 Å². The molecule has 0 amide bonds. The molecule has 1 aromatic rings. The average Bonchev–Trinajstić information content (AvgIpc) is 2.26. The number of hydrogen-bond donors (Lipinski definition) is 0. The van der Waals surface area contributed by atoms with Crippen molar-refractivity contribution in [1.29, 1.82) is 0 Å². The maximum Gasteiger partial charge on any atom is 0.306 e. The molecule has 0 aliphatic rings. The third kappa shape index (κ3) is 5.02. The molecule has 0 aliphatic carbocycles. The van der Waals surface area contributed by atoms with Gasteiger partial charge in [-0.25, -0.2) is 4.98 Å². The number of rotatable bonds is 4. The lowest BCUT2D eigenvalue weighted by Gasteiger charge is -2.12. The van der Waals surface area contributed by atoms with Crippen molar-refractivity contribution in [3.05, 3.63) is 38.6 Å². The van der Waals surface area contributed by atoms with Gasteiger partial charge in [0.2, 0.25) is 0 Å².